The van der Waals surface area contributed by atoms with Gasteiger partial charge >= 0.3 is 0 Å². The van der Waals surface area contributed by atoms with Crippen molar-refractivity contribution in [3.63, 3.8) is 0 Å². The molecule has 0 bridgehead atoms. The van der Waals surface area contributed by atoms with Crippen molar-refractivity contribution in [2.75, 3.05) is 0 Å². The number of nitrogens with one attached hydrogen (secondary N) is 1. The molecule has 0 aliphatic carbocycles. The fraction of sp³-hybridized carbons (Fsp3) is 0.333. The monoisotopic (exact) mass is 313 g/mol. The first-order valence-corrected chi connectivity index (χ1v) is 7.93. The molecule has 1 N–H and O–H groups in total. The van der Waals surface area contributed by atoms with Crippen molar-refractivity contribution in [2.24, 2.45) is 0 Å². The zero-order chi connectivity index (χ0) is 13.8. The Morgan fingerprint density at radius 2 is 1.89 bits per heavy atom. The Kier molecular flexibility index (Phi) is 5.28. The zero-order valence-electron chi connectivity index (χ0n) is 11.0. The van der Waals surface area contributed by atoms with E-state index in [0.29, 0.717) is 10.0 Å². The minimum Gasteiger partial charge on any atom is -0.305 e. The quantitative estimate of drug-likeness (QED) is 0.772. The minimum absolute atomic E-state index is 0.206. The van der Waals surface area contributed by atoms with E-state index in [1.54, 1.807) is 6.07 Å². The molecule has 1 atom stereocenters. The van der Waals surface area contributed by atoms with E-state index < -0.39 is 0 Å². The van der Waals surface area contributed by atoms with Gasteiger partial charge in [0.15, 0.2) is 0 Å². The van der Waals surface area contributed by atoms with E-state index >= 15 is 0 Å². The molecule has 0 spiro atoms. The van der Waals surface area contributed by atoms with Gasteiger partial charge in [-0.05, 0) is 43.2 Å². The smallest absolute Gasteiger partial charge is 0.0468 e. The molecular weight excluding hydrogens is 297 g/mol. The largest absolute Gasteiger partial charge is 0.305 e. The number of rotatable bonds is 5. The SMILES string of the molecule is CCc1ccc(CNC(C)c2ccc(Cl)cc2Cl)s1. The molecule has 102 valence electrons. The van der Waals surface area contributed by atoms with Gasteiger partial charge < -0.3 is 5.32 Å². The molecule has 0 amide bonds. The van der Waals surface area contributed by atoms with Crippen LogP contribution in [0.4, 0.5) is 0 Å². The highest BCUT2D eigenvalue weighted by Crippen LogP contribution is 2.26. The Labute approximate surface area is 128 Å². The molecule has 2 aromatic rings. The molecule has 0 aliphatic rings. The standard InChI is InChI=1S/C15H17Cl2NS/c1-3-12-5-6-13(19-12)9-18-10(2)14-7-4-11(16)8-15(14)17/h4-8,10,18H,3,9H2,1-2H3. The highest BCUT2D eigenvalue weighted by Gasteiger charge is 2.10. The lowest BCUT2D eigenvalue weighted by Crippen LogP contribution is -2.17. The van der Waals surface area contributed by atoms with Crippen LogP contribution in [0.2, 0.25) is 10.0 Å². The first-order valence-electron chi connectivity index (χ1n) is 6.36. The molecule has 4 heteroatoms. The normalized spacial score (nSPS) is 12.6. The molecule has 1 aromatic heterocycles. The molecule has 0 aliphatic heterocycles. The van der Waals surface area contributed by atoms with E-state index in [1.165, 1.54) is 9.75 Å². The Balaban J connectivity index is 1.98. The second kappa shape index (κ2) is 6.76. The van der Waals surface area contributed by atoms with Crippen LogP contribution in [0.1, 0.15) is 35.2 Å². The Hall–Kier alpha value is -0.540. The number of hydrogen-bond donors (Lipinski definition) is 1. The van der Waals surface area contributed by atoms with Crippen molar-refractivity contribution < 1.29 is 0 Å². The van der Waals surface area contributed by atoms with E-state index in [4.69, 9.17) is 23.2 Å². The lowest BCUT2D eigenvalue weighted by atomic mass is 10.1. The van der Waals surface area contributed by atoms with Gasteiger partial charge in [-0.2, -0.15) is 0 Å². The molecule has 0 fully saturated rings. The highest BCUT2D eigenvalue weighted by atomic mass is 35.5. The van der Waals surface area contributed by atoms with Crippen LogP contribution in [0, 0.1) is 0 Å². The maximum absolute atomic E-state index is 6.21. The fourth-order valence-corrected chi connectivity index (χ4v) is 3.40. The van der Waals surface area contributed by atoms with E-state index in [2.05, 4.69) is 31.3 Å². The summed E-state index contributed by atoms with van der Waals surface area (Å²) < 4.78 is 0. The Morgan fingerprint density at radius 1 is 1.16 bits per heavy atom. The van der Waals surface area contributed by atoms with Crippen LogP contribution in [0.15, 0.2) is 30.3 Å². The van der Waals surface area contributed by atoms with Gasteiger partial charge in [0.05, 0.1) is 0 Å². The van der Waals surface area contributed by atoms with Crippen LogP contribution in [0.3, 0.4) is 0 Å². The summed E-state index contributed by atoms with van der Waals surface area (Å²) in [5.41, 5.74) is 1.08. The van der Waals surface area contributed by atoms with Gasteiger partial charge in [-0.3, -0.25) is 0 Å². The van der Waals surface area contributed by atoms with Gasteiger partial charge in [-0.1, -0.05) is 36.2 Å². The summed E-state index contributed by atoms with van der Waals surface area (Å²) in [7, 11) is 0. The third kappa shape index (κ3) is 3.96. The average Bonchev–Trinajstić information content (AvgIpc) is 2.84. The number of hydrogen-bond acceptors (Lipinski definition) is 2. The van der Waals surface area contributed by atoms with Crippen LogP contribution in [-0.4, -0.2) is 0 Å². The van der Waals surface area contributed by atoms with Gasteiger partial charge in [0, 0.05) is 32.4 Å². The summed E-state index contributed by atoms with van der Waals surface area (Å²) in [4.78, 5) is 2.78. The molecule has 1 unspecified atom stereocenters. The molecule has 0 radical (unpaired) electrons. The second-order valence-corrected chi connectivity index (χ2v) is 6.59. The molecule has 2 rings (SSSR count). The van der Waals surface area contributed by atoms with Crippen molar-refractivity contribution in [1.29, 1.82) is 0 Å². The predicted molar refractivity (Wildman–Crippen MR) is 85.4 cm³/mol. The summed E-state index contributed by atoms with van der Waals surface area (Å²) in [6.45, 7) is 5.16. The van der Waals surface area contributed by atoms with E-state index in [9.17, 15) is 0 Å². The maximum Gasteiger partial charge on any atom is 0.0468 e. The third-order valence-electron chi connectivity index (χ3n) is 3.08. The summed E-state index contributed by atoms with van der Waals surface area (Å²) in [6.07, 6.45) is 1.10. The first-order chi connectivity index (χ1) is 9.10. The Morgan fingerprint density at radius 3 is 2.53 bits per heavy atom. The number of aryl methyl sites for hydroxylation is 1. The maximum atomic E-state index is 6.21. The Bertz CT molecular complexity index is 551. The van der Waals surface area contributed by atoms with Crippen molar-refractivity contribution in [2.45, 2.75) is 32.9 Å². The van der Waals surface area contributed by atoms with Gasteiger partial charge in [0.2, 0.25) is 0 Å². The second-order valence-electron chi connectivity index (χ2n) is 4.49. The number of halogens is 2. The number of thiophene rings is 1. The summed E-state index contributed by atoms with van der Waals surface area (Å²) in [6, 6.07) is 10.2. The zero-order valence-corrected chi connectivity index (χ0v) is 13.4. The predicted octanol–water partition coefficient (Wildman–Crippen LogP) is 5.47. The van der Waals surface area contributed by atoms with Crippen molar-refractivity contribution in [3.8, 4) is 0 Å². The first kappa shape index (κ1) is 14.9. The van der Waals surface area contributed by atoms with Gasteiger partial charge in [-0.15, -0.1) is 11.3 Å². The summed E-state index contributed by atoms with van der Waals surface area (Å²) >= 11 is 14.0. The topological polar surface area (TPSA) is 12.0 Å². The van der Waals surface area contributed by atoms with Crippen LogP contribution < -0.4 is 5.32 Å². The van der Waals surface area contributed by atoms with Crippen molar-refractivity contribution in [3.05, 3.63) is 55.7 Å². The average molecular weight is 314 g/mol. The molecule has 1 aromatic carbocycles. The fourth-order valence-electron chi connectivity index (χ4n) is 1.92. The lowest BCUT2D eigenvalue weighted by Gasteiger charge is -2.15. The number of benzene rings is 1. The molecule has 19 heavy (non-hydrogen) atoms. The highest BCUT2D eigenvalue weighted by molar-refractivity contribution is 7.11. The van der Waals surface area contributed by atoms with Crippen LogP contribution in [-0.2, 0) is 13.0 Å². The van der Waals surface area contributed by atoms with Crippen LogP contribution >= 0.6 is 34.5 Å². The third-order valence-corrected chi connectivity index (χ3v) is 4.87. The summed E-state index contributed by atoms with van der Waals surface area (Å²) in [5, 5.41) is 4.88. The molecular formula is C15H17Cl2NS. The molecule has 1 nitrogen and oxygen atoms in total. The lowest BCUT2D eigenvalue weighted by molar-refractivity contribution is 0.579. The van der Waals surface area contributed by atoms with Crippen molar-refractivity contribution in [1.82, 2.24) is 5.32 Å². The summed E-state index contributed by atoms with van der Waals surface area (Å²) in [5.74, 6) is 0. The van der Waals surface area contributed by atoms with Crippen molar-refractivity contribution >= 4 is 34.5 Å². The molecule has 0 saturated carbocycles. The van der Waals surface area contributed by atoms with Gasteiger partial charge in [0.1, 0.15) is 0 Å². The van der Waals surface area contributed by atoms with Crippen LogP contribution in [0.25, 0.3) is 0 Å². The van der Waals surface area contributed by atoms with Gasteiger partial charge in [0.25, 0.3) is 0 Å². The van der Waals surface area contributed by atoms with E-state index in [0.717, 1.165) is 18.5 Å². The van der Waals surface area contributed by atoms with Gasteiger partial charge in [-0.25, -0.2) is 0 Å². The molecule has 1 heterocycles. The van der Waals surface area contributed by atoms with Crippen LogP contribution in [0.5, 0.6) is 0 Å². The minimum atomic E-state index is 0.206. The molecule has 0 saturated heterocycles. The van der Waals surface area contributed by atoms with E-state index in [1.807, 2.05) is 23.5 Å². The van der Waals surface area contributed by atoms with E-state index in [-0.39, 0.29) is 6.04 Å².